The Morgan fingerprint density at radius 3 is 2.47 bits per heavy atom. The van der Waals surface area contributed by atoms with Crippen molar-refractivity contribution in [1.82, 2.24) is 10.0 Å². The second-order valence-corrected chi connectivity index (χ2v) is 5.60. The van der Waals surface area contributed by atoms with Crippen LogP contribution < -0.4 is 0 Å². The van der Waals surface area contributed by atoms with Crippen molar-refractivity contribution in [3.63, 3.8) is 0 Å². The van der Waals surface area contributed by atoms with Crippen LogP contribution in [0.2, 0.25) is 0 Å². The smallest absolute Gasteiger partial charge is 0.0600 e. The van der Waals surface area contributed by atoms with Crippen molar-refractivity contribution in [2.45, 2.75) is 70.4 Å². The van der Waals surface area contributed by atoms with Gasteiger partial charge in [0.2, 0.25) is 0 Å². The van der Waals surface area contributed by atoms with Crippen molar-refractivity contribution in [3.8, 4) is 0 Å². The van der Waals surface area contributed by atoms with Crippen LogP contribution in [0.1, 0.15) is 58.3 Å². The zero-order valence-electron chi connectivity index (χ0n) is 11.3. The highest BCUT2D eigenvalue weighted by Gasteiger charge is 2.33. The molecule has 17 heavy (non-hydrogen) atoms. The molecule has 0 unspecified atom stereocenters. The van der Waals surface area contributed by atoms with E-state index in [2.05, 4.69) is 16.9 Å². The maximum Gasteiger partial charge on any atom is 0.0600 e. The fourth-order valence-corrected chi connectivity index (χ4v) is 3.40. The van der Waals surface area contributed by atoms with Gasteiger partial charge in [-0.3, -0.25) is 0 Å². The first-order valence-corrected chi connectivity index (χ1v) is 7.51. The van der Waals surface area contributed by atoms with E-state index in [1.807, 2.05) is 0 Å². The van der Waals surface area contributed by atoms with E-state index < -0.39 is 0 Å². The van der Waals surface area contributed by atoms with Crippen molar-refractivity contribution in [2.24, 2.45) is 0 Å². The van der Waals surface area contributed by atoms with Gasteiger partial charge in [0.1, 0.15) is 0 Å². The van der Waals surface area contributed by atoms with Crippen molar-refractivity contribution in [3.05, 3.63) is 0 Å². The molecule has 0 bridgehead atoms. The molecule has 2 aliphatic heterocycles. The van der Waals surface area contributed by atoms with E-state index in [1.54, 1.807) is 0 Å². The van der Waals surface area contributed by atoms with E-state index in [0.29, 0.717) is 12.6 Å². The first kappa shape index (κ1) is 13.3. The molecule has 1 N–H and O–H groups in total. The lowest BCUT2D eigenvalue weighted by molar-refractivity contribution is -0.0988. The van der Waals surface area contributed by atoms with Gasteiger partial charge in [-0.05, 0) is 32.1 Å². The molecular formula is C14H28N2O. The summed E-state index contributed by atoms with van der Waals surface area (Å²) in [7, 11) is 0. The van der Waals surface area contributed by atoms with Gasteiger partial charge in [0, 0.05) is 25.2 Å². The molecule has 0 aromatic carbocycles. The minimum atomic E-state index is 0.330. The Kier molecular flexibility index (Phi) is 5.26. The third kappa shape index (κ3) is 3.21. The second-order valence-electron chi connectivity index (χ2n) is 5.60. The van der Waals surface area contributed by atoms with E-state index in [1.165, 1.54) is 57.9 Å². The minimum Gasteiger partial charge on any atom is -0.395 e. The highest BCUT2D eigenvalue weighted by atomic mass is 16.3. The maximum absolute atomic E-state index is 9.46. The Morgan fingerprint density at radius 1 is 1.00 bits per heavy atom. The van der Waals surface area contributed by atoms with E-state index in [9.17, 15) is 5.11 Å². The molecule has 2 fully saturated rings. The van der Waals surface area contributed by atoms with Crippen LogP contribution in [0, 0.1) is 0 Å². The number of aliphatic hydroxyl groups excluding tert-OH is 1. The zero-order chi connectivity index (χ0) is 12.1. The topological polar surface area (TPSA) is 26.7 Å². The second kappa shape index (κ2) is 6.72. The standard InChI is InChI=1S/C14H28N2O/c1-2-3-7-13-8-4-5-10-15(13)16-11-6-9-14(16)12-17/h13-14,17H,2-12H2,1H3/t13-,14+/m1/s1. The van der Waals surface area contributed by atoms with Gasteiger partial charge in [-0.25, -0.2) is 10.0 Å². The number of hydrazine groups is 1. The molecule has 3 heteroatoms. The van der Waals surface area contributed by atoms with Crippen LogP contribution >= 0.6 is 0 Å². The highest BCUT2D eigenvalue weighted by Crippen LogP contribution is 2.28. The number of nitrogens with zero attached hydrogens (tertiary/aromatic N) is 2. The molecule has 2 saturated heterocycles. The molecule has 0 aromatic heterocycles. The van der Waals surface area contributed by atoms with Crippen LogP contribution in [0.25, 0.3) is 0 Å². The Hall–Kier alpha value is -0.120. The Morgan fingerprint density at radius 2 is 1.71 bits per heavy atom. The van der Waals surface area contributed by atoms with Crippen LogP contribution in [0.5, 0.6) is 0 Å². The van der Waals surface area contributed by atoms with Crippen LogP contribution in [-0.2, 0) is 0 Å². The van der Waals surface area contributed by atoms with Crippen LogP contribution in [-0.4, -0.2) is 46.9 Å². The fourth-order valence-electron chi connectivity index (χ4n) is 3.40. The average Bonchev–Trinajstić information content (AvgIpc) is 2.84. The summed E-state index contributed by atoms with van der Waals surface area (Å²) in [5.41, 5.74) is 0. The molecular weight excluding hydrogens is 212 g/mol. The highest BCUT2D eigenvalue weighted by molar-refractivity contribution is 4.83. The summed E-state index contributed by atoms with van der Waals surface area (Å²) in [6.45, 7) is 4.98. The molecule has 0 radical (unpaired) electrons. The Labute approximate surface area is 106 Å². The van der Waals surface area contributed by atoms with Crippen molar-refractivity contribution in [2.75, 3.05) is 19.7 Å². The number of unbranched alkanes of at least 4 members (excludes halogenated alkanes) is 1. The van der Waals surface area contributed by atoms with Crippen molar-refractivity contribution < 1.29 is 5.11 Å². The van der Waals surface area contributed by atoms with E-state index in [4.69, 9.17) is 0 Å². The summed E-state index contributed by atoms with van der Waals surface area (Å²) in [5, 5.41) is 14.6. The lowest BCUT2D eigenvalue weighted by atomic mass is 9.99. The molecule has 2 atom stereocenters. The molecule has 0 saturated carbocycles. The normalized spacial score (nSPS) is 32.1. The predicted octanol–water partition coefficient (Wildman–Crippen LogP) is 2.40. The van der Waals surface area contributed by atoms with Gasteiger partial charge in [-0.1, -0.05) is 26.2 Å². The third-order valence-electron chi connectivity index (χ3n) is 4.37. The largest absolute Gasteiger partial charge is 0.395 e. The van der Waals surface area contributed by atoms with E-state index >= 15 is 0 Å². The first-order chi connectivity index (χ1) is 8.36. The van der Waals surface area contributed by atoms with Gasteiger partial charge in [-0.2, -0.15) is 0 Å². The average molecular weight is 240 g/mol. The quantitative estimate of drug-likeness (QED) is 0.799. The number of piperidine rings is 1. The van der Waals surface area contributed by atoms with Gasteiger partial charge < -0.3 is 5.11 Å². The van der Waals surface area contributed by atoms with E-state index in [0.717, 1.165) is 12.6 Å². The van der Waals surface area contributed by atoms with E-state index in [-0.39, 0.29) is 0 Å². The first-order valence-electron chi connectivity index (χ1n) is 7.51. The van der Waals surface area contributed by atoms with Crippen molar-refractivity contribution >= 4 is 0 Å². The number of aliphatic hydroxyl groups is 1. The minimum absolute atomic E-state index is 0.330. The Balaban J connectivity index is 1.94. The van der Waals surface area contributed by atoms with Gasteiger partial charge in [0.15, 0.2) is 0 Å². The van der Waals surface area contributed by atoms with Gasteiger partial charge in [-0.15, -0.1) is 0 Å². The lowest BCUT2D eigenvalue weighted by Gasteiger charge is -2.44. The molecule has 0 spiro atoms. The predicted molar refractivity (Wildman–Crippen MR) is 70.7 cm³/mol. The summed E-state index contributed by atoms with van der Waals surface area (Å²) in [6, 6.07) is 1.15. The molecule has 3 nitrogen and oxygen atoms in total. The summed E-state index contributed by atoms with van der Waals surface area (Å²) in [5.74, 6) is 0. The fraction of sp³-hybridized carbons (Fsp3) is 1.00. The molecule has 0 amide bonds. The maximum atomic E-state index is 9.46. The summed E-state index contributed by atoms with van der Waals surface area (Å²) in [6.07, 6.45) is 10.5. The molecule has 2 rings (SSSR count). The molecule has 0 aromatic rings. The third-order valence-corrected chi connectivity index (χ3v) is 4.37. The van der Waals surface area contributed by atoms with Gasteiger partial charge >= 0.3 is 0 Å². The summed E-state index contributed by atoms with van der Waals surface area (Å²) < 4.78 is 0. The zero-order valence-corrected chi connectivity index (χ0v) is 11.3. The van der Waals surface area contributed by atoms with Crippen LogP contribution in [0.4, 0.5) is 0 Å². The monoisotopic (exact) mass is 240 g/mol. The number of rotatable bonds is 5. The molecule has 100 valence electrons. The molecule has 2 heterocycles. The molecule has 2 aliphatic rings. The van der Waals surface area contributed by atoms with Crippen LogP contribution in [0.15, 0.2) is 0 Å². The number of hydrogen-bond donors (Lipinski definition) is 1. The summed E-state index contributed by atoms with van der Waals surface area (Å²) >= 11 is 0. The van der Waals surface area contributed by atoms with Crippen LogP contribution in [0.3, 0.4) is 0 Å². The Bertz CT molecular complexity index is 222. The SMILES string of the molecule is CCCC[C@@H]1CCCCN1N1CCC[C@H]1CO. The lowest BCUT2D eigenvalue weighted by Crippen LogP contribution is -2.53. The summed E-state index contributed by atoms with van der Waals surface area (Å²) in [4.78, 5) is 0. The number of hydrogen-bond acceptors (Lipinski definition) is 3. The van der Waals surface area contributed by atoms with Crippen molar-refractivity contribution in [1.29, 1.82) is 0 Å². The van der Waals surface area contributed by atoms with Gasteiger partial charge in [0.05, 0.1) is 6.61 Å². The van der Waals surface area contributed by atoms with Gasteiger partial charge in [0.25, 0.3) is 0 Å². The molecule has 0 aliphatic carbocycles.